The number of fused-ring (bicyclic) bond motifs is 3. The lowest BCUT2D eigenvalue weighted by Crippen LogP contribution is -2.47. The minimum atomic E-state index is -1.04. The lowest BCUT2D eigenvalue weighted by molar-refractivity contribution is -0.139. The van der Waals surface area contributed by atoms with E-state index in [-0.39, 0.29) is 24.3 Å². The Morgan fingerprint density at radius 2 is 1.97 bits per heavy atom. The Hall–Kier alpha value is -3.75. The molecule has 9 nitrogen and oxygen atoms in total. The van der Waals surface area contributed by atoms with Crippen LogP contribution in [0.25, 0.3) is 5.65 Å². The van der Waals surface area contributed by atoms with Gasteiger partial charge in [-0.3, -0.25) is 18.9 Å². The summed E-state index contributed by atoms with van der Waals surface area (Å²) in [7, 11) is 0. The number of urea groups is 1. The van der Waals surface area contributed by atoms with Gasteiger partial charge in [0.2, 0.25) is 5.91 Å². The van der Waals surface area contributed by atoms with Gasteiger partial charge in [0.25, 0.3) is 5.91 Å². The van der Waals surface area contributed by atoms with E-state index in [1.807, 2.05) is 53.1 Å². The number of piperidine rings is 1. The molecule has 6 rings (SSSR count). The van der Waals surface area contributed by atoms with Crippen molar-refractivity contribution < 1.29 is 14.4 Å². The summed E-state index contributed by atoms with van der Waals surface area (Å²) in [4.78, 5) is 42.2. The Morgan fingerprint density at radius 3 is 2.88 bits per heavy atom. The van der Waals surface area contributed by atoms with Crippen LogP contribution in [0.3, 0.4) is 0 Å². The zero-order chi connectivity index (χ0) is 22.6. The van der Waals surface area contributed by atoms with E-state index < -0.39 is 11.6 Å². The van der Waals surface area contributed by atoms with Gasteiger partial charge in [0, 0.05) is 25.2 Å². The maximum absolute atomic E-state index is 13.4. The van der Waals surface area contributed by atoms with Crippen molar-refractivity contribution in [1.82, 2.24) is 29.7 Å². The molecule has 2 fully saturated rings. The zero-order valence-corrected chi connectivity index (χ0v) is 18.1. The third kappa shape index (κ3) is 3.02. The van der Waals surface area contributed by atoms with E-state index in [9.17, 15) is 14.4 Å². The van der Waals surface area contributed by atoms with Crippen LogP contribution in [-0.2, 0) is 21.5 Å². The number of rotatable bonds is 3. The molecule has 0 unspecified atom stereocenters. The number of aromatic nitrogens is 3. The molecule has 1 spiro atoms. The molecule has 2 saturated heterocycles. The van der Waals surface area contributed by atoms with E-state index in [1.165, 1.54) is 0 Å². The first-order chi connectivity index (χ1) is 16.1. The Bertz CT molecular complexity index is 1290. The van der Waals surface area contributed by atoms with Crippen molar-refractivity contribution in [2.45, 2.75) is 37.1 Å². The maximum atomic E-state index is 13.4. The van der Waals surface area contributed by atoms with Gasteiger partial charge >= 0.3 is 6.03 Å². The normalized spacial score (nSPS) is 24.5. The van der Waals surface area contributed by atoms with Crippen molar-refractivity contribution in [3.8, 4) is 0 Å². The molecule has 1 aliphatic carbocycles. The second kappa shape index (κ2) is 7.40. The molecule has 0 bridgehead atoms. The second-order valence-electron chi connectivity index (χ2n) is 9.05. The largest absolute Gasteiger partial charge is 0.340 e. The molecule has 3 aliphatic rings. The van der Waals surface area contributed by atoms with Gasteiger partial charge in [-0.15, -0.1) is 10.2 Å². The zero-order valence-electron chi connectivity index (χ0n) is 18.1. The van der Waals surface area contributed by atoms with Gasteiger partial charge in [0.05, 0.1) is 0 Å². The van der Waals surface area contributed by atoms with Gasteiger partial charge in [0.1, 0.15) is 17.9 Å². The lowest BCUT2D eigenvalue weighted by Gasteiger charge is -2.32. The average Bonchev–Trinajstić information content (AvgIpc) is 3.51. The number of amides is 4. The summed E-state index contributed by atoms with van der Waals surface area (Å²) >= 11 is 0. The van der Waals surface area contributed by atoms with Crippen molar-refractivity contribution in [2.24, 2.45) is 0 Å². The molecule has 2 aromatic heterocycles. The number of hydrogen-bond donors (Lipinski definition) is 1. The molecule has 168 valence electrons. The second-order valence-corrected chi connectivity index (χ2v) is 9.05. The Balaban J connectivity index is 1.19. The number of benzene rings is 1. The fourth-order valence-electron chi connectivity index (χ4n) is 5.52. The summed E-state index contributed by atoms with van der Waals surface area (Å²) < 4.78 is 1.96. The van der Waals surface area contributed by atoms with Crippen molar-refractivity contribution in [1.29, 1.82) is 0 Å². The van der Waals surface area contributed by atoms with E-state index in [4.69, 9.17) is 0 Å². The molecule has 4 amide bonds. The molecule has 0 radical (unpaired) electrons. The van der Waals surface area contributed by atoms with Gasteiger partial charge < -0.3 is 10.2 Å². The summed E-state index contributed by atoms with van der Waals surface area (Å²) in [6, 6.07) is 12.9. The molecule has 2 aliphatic heterocycles. The van der Waals surface area contributed by atoms with Gasteiger partial charge in [-0.25, -0.2) is 4.79 Å². The predicted molar refractivity (Wildman–Crippen MR) is 118 cm³/mol. The number of likely N-dealkylation sites (tertiary alicyclic amines) is 1. The highest BCUT2D eigenvalue weighted by molar-refractivity contribution is 6.09. The molecule has 33 heavy (non-hydrogen) atoms. The van der Waals surface area contributed by atoms with Crippen molar-refractivity contribution in [3.63, 3.8) is 0 Å². The number of carbonyl (C=O) groups is 3. The van der Waals surface area contributed by atoms with Crippen LogP contribution >= 0.6 is 0 Å². The summed E-state index contributed by atoms with van der Waals surface area (Å²) in [6.07, 6.45) is 4.91. The van der Waals surface area contributed by atoms with Gasteiger partial charge in [-0.1, -0.05) is 30.3 Å². The molecule has 1 aromatic carbocycles. The molecule has 1 N–H and O–H groups in total. The van der Waals surface area contributed by atoms with Gasteiger partial charge in [0.15, 0.2) is 5.65 Å². The molecular formula is C24H24N6O3. The minimum absolute atomic E-state index is 0.0521. The van der Waals surface area contributed by atoms with Crippen LogP contribution in [-0.4, -0.2) is 61.9 Å². The van der Waals surface area contributed by atoms with Crippen LogP contribution in [0.5, 0.6) is 0 Å². The monoisotopic (exact) mass is 444 g/mol. The van der Waals surface area contributed by atoms with Crippen molar-refractivity contribution in [2.75, 3.05) is 19.6 Å². The number of nitrogens with one attached hydrogen (secondary N) is 1. The van der Waals surface area contributed by atoms with Gasteiger partial charge in [-0.2, -0.15) is 0 Å². The Morgan fingerprint density at radius 1 is 1.12 bits per heavy atom. The molecule has 0 saturated carbocycles. The maximum Gasteiger partial charge on any atom is 0.325 e. The third-order valence-corrected chi connectivity index (χ3v) is 7.19. The number of aryl methyl sites for hydroxylation is 1. The van der Waals surface area contributed by atoms with E-state index in [2.05, 4.69) is 15.5 Å². The first kappa shape index (κ1) is 19.9. The third-order valence-electron chi connectivity index (χ3n) is 7.19. The number of hydrogen-bond acceptors (Lipinski definition) is 5. The first-order valence-electron chi connectivity index (χ1n) is 11.4. The topological polar surface area (TPSA) is 99.9 Å². The fraction of sp³-hybridized carbons (Fsp3) is 0.375. The van der Waals surface area contributed by atoms with Crippen LogP contribution in [0.2, 0.25) is 0 Å². The summed E-state index contributed by atoms with van der Waals surface area (Å²) in [5.41, 5.74) is 1.64. The summed E-state index contributed by atoms with van der Waals surface area (Å²) in [6.45, 7) is 0.845. The predicted octanol–water partition coefficient (Wildman–Crippen LogP) is 1.83. The van der Waals surface area contributed by atoms with Crippen molar-refractivity contribution >= 4 is 23.5 Å². The smallest absolute Gasteiger partial charge is 0.325 e. The molecule has 4 heterocycles. The summed E-state index contributed by atoms with van der Waals surface area (Å²) in [5, 5.41) is 11.5. The van der Waals surface area contributed by atoms with Crippen LogP contribution in [0, 0.1) is 0 Å². The van der Waals surface area contributed by atoms with Crippen LogP contribution in [0.4, 0.5) is 4.79 Å². The number of pyridine rings is 1. The van der Waals surface area contributed by atoms with E-state index >= 15 is 0 Å². The standard InChI is InChI=1S/C24H24N6O3/c31-20(28-12-5-7-17(14-28)21-27-26-19-9-3-4-13-29(19)21)15-30-22(32)24(25-23(30)33)11-10-16-6-1-2-8-18(16)24/h1-4,6,8-9,13,17H,5,7,10-12,14-15H2,(H,25,33)/t17-,24-/m1/s1. The summed E-state index contributed by atoms with van der Waals surface area (Å²) in [5.74, 6) is 0.332. The average molecular weight is 444 g/mol. The van der Waals surface area contributed by atoms with E-state index in [0.717, 1.165) is 46.8 Å². The van der Waals surface area contributed by atoms with E-state index in [0.29, 0.717) is 19.5 Å². The number of carbonyl (C=O) groups excluding carboxylic acids is 3. The SMILES string of the molecule is O=C(CN1C(=O)N[C@@]2(CCc3ccccc32)C1=O)N1CCC[C@@H](c2nnc3ccccn23)C1. The molecule has 2 atom stereocenters. The van der Waals surface area contributed by atoms with Crippen molar-refractivity contribution in [3.05, 3.63) is 65.6 Å². The Labute approximate surface area is 190 Å². The fourth-order valence-corrected chi connectivity index (χ4v) is 5.52. The van der Waals surface area contributed by atoms with Crippen LogP contribution in [0.1, 0.15) is 42.1 Å². The Kier molecular flexibility index (Phi) is 4.46. The van der Waals surface area contributed by atoms with Gasteiger partial charge in [-0.05, 0) is 48.9 Å². The number of nitrogens with zero attached hydrogens (tertiary/aromatic N) is 5. The van der Waals surface area contributed by atoms with E-state index in [1.54, 1.807) is 4.90 Å². The molecule has 9 heteroatoms. The lowest BCUT2D eigenvalue weighted by atomic mass is 9.92. The minimum Gasteiger partial charge on any atom is -0.340 e. The highest BCUT2D eigenvalue weighted by atomic mass is 16.2. The quantitative estimate of drug-likeness (QED) is 0.622. The number of imide groups is 1. The molecular weight excluding hydrogens is 420 g/mol. The molecule has 3 aromatic rings. The van der Waals surface area contributed by atoms with Crippen LogP contribution < -0.4 is 5.32 Å². The van der Waals surface area contributed by atoms with Crippen LogP contribution in [0.15, 0.2) is 48.7 Å². The first-order valence-corrected chi connectivity index (χ1v) is 11.4. The highest BCUT2D eigenvalue weighted by Gasteiger charge is 2.55. The highest BCUT2D eigenvalue weighted by Crippen LogP contribution is 2.41.